The van der Waals surface area contributed by atoms with E-state index in [0.29, 0.717) is 6.42 Å². The molecule has 0 aromatic heterocycles. The van der Waals surface area contributed by atoms with E-state index in [9.17, 15) is 4.79 Å². The lowest BCUT2D eigenvalue weighted by Crippen LogP contribution is -2.32. The molecule has 1 amide bonds. The number of likely N-dealkylation sites (N-methyl/N-ethyl adjacent to an activating group) is 1. The molecule has 0 aliphatic carbocycles. The van der Waals surface area contributed by atoms with E-state index < -0.39 is 0 Å². The number of nitrogens with zero attached hydrogens (tertiary/aromatic N) is 1. The molecule has 0 spiro atoms. The van der Waals surface area contributed by atoms with Gasteiger partial charge in [-0.2, -0.15) is 0 Å². The minimum atomic E-state index is 0.273. The standard InChI is InChI=1S/C20H25NO/c1-2-21(17-16-19-12-7-4-8-13-19)20(22)15-9-14-18-10-5-3-6-11-18/h3-8,10-13H,2,9,14-17H2,1H3. The molecular weight excluding hydrogens is 270 g/mol. The topological polar surface area (TPSA) is 20.3 Å². The molecule has 2 aromatic rings. The largest absolute Gasteiger partial charge is 0.343 e. The number of carbonyl (C=O) groups excluding carboxylic acids is 1. The molecule has 0 radical (unpaired) electrons. The fraction of sp³-hybridized carbons (Fsp3) is 0.350. The zero-order valence-electron chi connectivity index (χ0n) is 13.4. The van der Waals surface area contributed by atoms with Gasteiger partial charge in [-0.3, -0.25) is 4.79 Å². The van der Waals surface area contributed by atoms with Crippen LogP contribution in [0.3, 0.4) is 0 Å². The van der Waals surface area contributed by atoms with Crippen molar-refractivity contribution in [1.29, 1.82) is 0 Å². The average molecular weight is 295 g/mol. The first kappa shape index (κ1) is 16.3. The molecule has 116 valence electrons. The van der Waals surface area contributed by atoms with Crippen LogP contribution in [0.5, 0.6) is 0 Å². The number of hydrogen-bond acceptors (Lipinski definition) is 1. The van der Waals surface area contributed by atoms with Crippen molar-refractivity contribution in [3.63, 3.8) is 0 Å². The van der Waals surface area contributed by atoms with Gasteiger partial charge in [0, 0.05) is 19.5 Å². The van der Waals surface area contributed by atoms with Crippen LogP contribution in [0.25, 0.3) is 0 Å². The first-order valence-electron chi connectivity index (χ1n) is 8.15. The summed E-state index contributed by atoms with van der Waals surface area (Å²) in [6.45, 7) is 3.65. The Morgan fingerprint density at radius 3 is 1.95 bits per heavy atom. The van der Waals surface area contributed by atoms with E-state index in [1.165, 1.54) is 11.1 Å². The molecule has 0 saturated heterocycles. The van der Waals surface area contributed by atoms with Gasteiger partial charge in [-0.25, -0.2) is 0 Å². The molecule has 0 unspecified atom stereocenters. The molecule has 0 fully saturated rings. The van der Waals surface area contributed by atoms with Crippen LogP contribution in [0, 0.1) is 0 Å². The monoisotopic (exact) mass is 295 g/mol. The van der Waals surface area contributed by atoms with E-state index in [0.717, 1.165) is 32.4 Å². The van der Waals surface area contributed by atoms with E-state index in [4.69, 9.17) is 0 Å². The van der Waals surface area contributed by atoms with E-state index in [1.807, 2.05) is 29.2 Å². The molecule has 2 rings (SSSR count). The molecule has 0 N–H and O–H groups in total. The fourth-order valence-corrected chi connectivity index (χ4v) is 2.61. The van der Waals surface area contributed by atoms with Gasteiger partial charge in [-0.05, 0) is 37.3 Å². The molecule has 0 atom stereocenters. The van der Waals surface area contributed by atoms with Gasteiger partial charge in [0.05, 0.1) is 0 Å². The molecule has 0 bridgehead atoms. The molecule has 2 aromatic carbocycles. The fourth-order valence-electron chi connectivity index (χ4n) is 2.61. The lowest BCUT2D eigenvalue weighted by molar-refractivity contribution is -0.131. The predicted molar refractivity (Wildman–Crippen MR) is 91.8 cm³/mol. The van der Waals surface area contributed by atoms with Crippen LogP contribution in [-0.2, 0) is 17.6 Å². The summed E-state index contributed by atoms with van der Waals surface area (Å²) in [5.74, 6) is 0.273. The number of hydrogen-bond donors (Lipinski definition) is 0. The smallest absolute Gasteiger partial charge is 0.222 e. The van der Waals surface area contributed by atoms with Crippen LogP contribution in [0.2, 0.25) is 0 Å². The summed E-state index contributed by atoms with van der Waals surface area (Å²) >= 11 is 0. The maximum Gasteiger partial charge on any atom is 0.222 e. The molecule has 0 aliphatic heterocycles. The maximum atomic E-state index is 12.3. The minimum Gasteiger partial charge on any atom is -0.343 e. The molecule has 0 aliphatic rings. The highest BCUT2D eigenvalue weighted by atomic mass is 16.2. The van der Waals surface area contributed by atoms with Crippen LogP contribution in [0.15, 0.2) is 60.7 Å². The lowest BCUT2D eigenvalue weighted by Gasteiger charge is -2.21. The van der Waals surface area contributed by atoms with Crippen LogP contribution in [0.4, 0.5) is 0 Å². The summed E-state index contributed by atoms with van der Waals surface area (Å²) < 4.78 is 0. The van der Waals surface area contributed by atoms with E-state index in [2.05, 4.69) is 43.3 Å². The van der Waals surface area contributed by atoms with Crippen LogP contribution in [0.1, 0.15) is 30.9 Å². The first-order chi connectivity index (χ1) is 10.8. The second kappa shape index (κ2) is 9.04. The molecule has 0 heterocycles. The third-order valence-electron chi connectivity index (χ3n) is 3.95. The van der Waals surface area contributed by atoms with Crippen molar-refractivity contribution >= 4 is 5.91 Å². The highest BCUT2D eigenvalue weighted by Gasteiger charge is 2.11. The molecule has 2 heteroatoms. The van der Waals surface area contributed by atoms with Crippen LogP contribution < -0.4 is 0 Å². The predicted octanol–water partition coefficient (Wildman–Crippen LogP) is 4.10. The SMILES string of the molecule is CCN(CCc1ccccc1)C(=O)CCCc1ccccc1. The Bertz CT molecular complexity index is 550. The zero-order valence-corrected chi connectivity index (χ0v) is 13.4. The van der Waals surface area contributed by atoms with Crippen molar-refractivity contribution in [2.24, 2.45) is 0 Å². The van der Waals surface area contributed by atoms with Crippen molar-refractivity contribution in [3.8, 4) is 0 Å². The van der Waals surface area contributed by atoms with E-state index in [-0.39, 0.29) is 5.91 Å². The van der Waals surface area contributed by atoms with Crippen molar-refractivity contribution in [1.82, 2.24) is 4.90 Å². The third kappa shape index (κ3) is 5.36. The minimum absolute atomic E-state index is 0.273. The third-order valence-corrected chi connectivity index (χ3v) is 3.95. The normalized spacial score (nSPS) is 10.4. The number of amides is 1. The summed E-state index contributed by atoms with van der Waals surface area (Å²) in [5, 5.41) is 0. The van der Waals surface area contributed by atoms with Gasteiger partial charge in [0.2, 0.25) is 5.91 Å². The van der Waals surface area contributed by atoms with E-state index in [1.54, 1.807) is 0 Å². The second-order valence-electron chi connectivity index (χ2n) is 5.55. The van der Waals surface area contributed by atoms with Gasteiger partial charge in [-0.15, -0.1) is 0 Å². The van der Waals surface area contributed by atoms with Gasteiger partial charge >= 0.3 is 0 Å². The number of carbonyl (C=O) groups is 1. The van der Waals surface area contributed by atoms with Crippen molar-refractivity contribution in [2.45, 2.75) is 32.6 Å². The lowest BCUT2D eigenvalue weighted by atomic mass is 10.1. The summed E-state index contributed by atoms with van der Waals surface area (Å²) in [6, 6.07) is 20.7. The molecular formula is C20H25NO. The van der Waals surface area contributed by atoms with Crippen molar-refractivity contribution in [2.75, 3.05) is 13.1 Å². The van der Waals surface area contributed by atoms with Crippen molar-refractivity contribution < 1.29 is 4.79 Å². The summed E-state index contributed by atoms with van der Waals surface area (Å²) in [6.07, 6.45) is 3.46. The quantitative estimate of drug-likeness (QED) is 0.718. The van der Waals surface area contributed by atoms with Gasteiger partial charge in [-0.1, -0.05) is 60.7 Å². The highest BCUT2D eigenvalue weighted by molar-refractivity contribution is 5.76. The van der Waals surface area contributed by atoms with Gasteiger partial charge in [0.15, 0.2) is 0 Å². The molecule has 22 heavy (non-hydrogen) atoms. The van der Waals surface area contributed by atoms with Crippen LogP contribution >= 0.6 is 0 Å². The number of rotatable bonds is 8. The Morgan fingerprint density at radius 1 is 0.864 bits per heavy atom. The van der Waals surface area contributed by atoms with Gasteiger partial charge < -0.3 is 4.90 Å². The summed E-state index contributed by atoms with van der Waals surface area (Å²) in [5.41, 5.74) is 2.60. The molecule has 0 saturated carbocycles. The van der Waals surface area contributed by atoms with Crippen LogP contribution in [-0.4, -0.2) is 23.9 Å². The van der Waals surface area contributed by atoms with Gasteiger partial charge in [0.1, 0.15) is 0 Å². The Balaban J connectivity index is 1.74. The Kier molecular flexibility index (Phi) is 6.69. The van der Waals surface area contributed by atoms with Gasteiger partial charge in [0.25, 0.3) is 0 Å². The highest BCUT2D eigenvalue weighted by Crippen LogP contribution is 2.08. The second-order valence-corrected chi connectivity index (χ2v) is 5.55. The summed E-state index contributed by atoms with van der Waals surface area (Å²) in [7, 11) is 0. The number of aryl methyl sites for hydroxylation is 1. The Hall–Kier alpha value is -2.09. The van der Waals surface area contributed by atoms with Crippen molar-refractivity contribution in [3.05, 3.63) is 71.8 Å². The molecule has 2 nitrogen and oxygen atoms in total. The first-order valence-corrected chi connectivity index (χ1v) is 8.15. The zero-order chi connectivity index (χ0) is 15.6. The van der Waals surface area contributed by atoms with E-state index >= 15 is 0 Å². The Labute approximate surface area is 133 Å². The maximum absolute atomic E-state index is 12.3. The average Bonchev–Trinajstić information content (AvgIpc) is 2.57. The number of benzene rings is 2. The summed E-state index contributed by atoms with van der Waals surface area (Å²) in [4.78, 5) is 14.3. The Morgan fingerprint density at radius 2 is 1.41 bits per heavy atom.